The summed E-state index contributed by atoms with van der Waals surface area (Å²) in [6, 6.07) is 8.80. The van der Waals surface area contributed by atoms with Gasteiger partial charge in [0.05, 0.1) is 23.1 Å². The smallest absolute Gasteiger partial charge is 0.276 e. The Balaban J connectivity index is 2.31. The van der Waals surface area contributed by atoms with Crippen LogP contribution in [0.1, 0.15) is 23.0 Å². The molecule has 6 heteroatoms. The molecule has 0 atom stereocenters. The number of hydrogen-bond donors (Lipinski definition) is 2. The van der Waals surface area contributed by atoms with Crippen molar-refractivity contribution in [1.82, 2.24) is 9.78 Å². The summed E-state index contributed by atoms with van der Waals surface area (Å²) in [6.07, 6.45) is 1.44. The number of para-hydroxylation sites is 1. The summed E-state index contributed by atoms with van der Waals surface area (Å²) in [5.41, 5.74) is 7.20. The highest BCUT2D eigenvalue weighted by Crippen LogP contribution is 2.17. The van der Waals surface area contributed by atoms with Crippen molar-refractivity contribution in [3.63, 3.8) is 0 Å². The lowest BCUT2D eigenvalue weighted by Crippen LogP contribution is -2.19. The van der Waals surface area contributed by atoms with Crippen LogP contribution in [-0.2, 0) is 6.54 Å². The number of anilines is 2. The quantitative estimate of drug-likeness (QED) is 0.870. The van der Waals surface area contributed by atoms with Crippen LogP contribution in [0, 0.1) is 11.3 Å². The first-order valence-electron chi connectivity index (χ1n) is 5.79. The van der Waals surface area contributed by atoms with Crippen LogP contribution in [-0.4, -0.2) is 15.7 Å². The van der Waals surface area contributed by atoms with Crippen LogP contribution in [0.15, 0.2) is 30.5 Å². The summed E-state index contributed by atoms with van der Waals surface area (Å²) >= 11 is 0. The second kappa shape index (κ2) is 5.23. The van der Waals surface area contributed by atoms with Crippen molar-refractivity contribution < 1.29 is 4.79 Å². The highest BCUT2D eigenvalue weighted by Gasteiger charge is 2.17. The molecule has 0 aliphatic rings. The molecule has 0 unspecified atom stereocenters. The Morgan fingerprint density at radius 1 is 1.53 bits per heavy atom. The lowest BCUT2D eigenvalue weighted by Gasteiger charge is -2.08. The number of hydrogen-bond acceptors (Lipinski definition) is 4. The third-order valence-corrected chi connectivity index (χ3v) is 2.68. The van der Waals surface area contributed by atoms with Gasteiger partial charge in [-0.15, -0.1) is 0 Å². The van der Waals surface area contributed by atoms with Gasteiger partial charge in [0.1, 0.15) is 11.8 Å². The minimum Gasteiger partial charge on any atom is -0.396 e. The molecule has 96 valence electrons. The molecule has 0 aliphatic carbocycles. The summed E-state index contributed by atoms with van der Waals surface area (Å²) in [5, 5.41) is 15.7. The van der Waals surface area contributed by atoms with Crippen LogP contribution in [0.4, 0.5) is 11.4 Å². The molecule has 1 aromatic heterocycles. The predicted octanol–water partition coefficient (Wildman–Crippen LogP) is 1.61. The normalized spacial score (nSPS) is 9.89. The fraction of sp³-hybridized carbons (Fsp3) is 0.154. The summed E-state index contributed by atoms with van der Waals surface area (Å²) in [5.74, 6) is -0.375. The number of nitriles is 1. The molecule has 6 nitrogen and oxygen atoms in total. The van der Waals surface area contributed by atoms with E-state index in [2.05, 4.69) is 10.4 Å². The molecule has 0 bridgehead atoms. The number of nitrogens with one attached hydrogen (secondary N) is 1. The Kier molecular flexibility index (Phi) is 3.48. The zero-order valence-electron chi connectivity index (χ0n) is 10.4. The average molecular weight is 255 g/mol. The van der Waals surface area contributed by atoms with Gasteiger partial charge in [-0.2, -0.15) is 10.4 Å². The molecule has 19 heavy (non-hydrogen) atoms. The number of nitrogen functional groups attached to an aromatic ring is 1. The molecule has 1 heterocycles. The molecular weight excluding hydrogens is 242 g/mol. The van der Waals surface area contributed by atoms with E-state index in [-0.39, 0.29) is 5.91 Å². The number of carbonyl (C=O) groups is 1. The molecule has 0 spiro atoms. The van der Waals surface area contributed by atoms with Crippen LogP contribution in [0.25, 0.3) is 0 Å². The van der Waals surface area contributed by atoms with Gasteiger partial charge in [0.15, 0.2) is 0 Å². The zero-order chi connectivity index (χ0) is 13.8. The maximum Gasteiger partial charge on any atom is 0.276 e. The minimum absolute atomic E-state index is 0.301. The molecule has 0 fully saturated rings. The van der Waals surface area contributed by atoms with Gasteiger partial charge in [0.25, 0.3) is 5.91 Å². The summed E-state index contributed by atoms with van der Waals surface area (Å²) in [4.78, 5) is 12.2. The van der Waals surface area contributed by atoms with Gasteiger partial charge in [-0.25, -0.2) is 0 Å². The Bertz CT molecular complexity index is 653. The first kappa shape index (κ1) is 12.6. The first-order valence-corrected chi connectivity index (χ1v) is 5.79. The van der Waals surface area contributed by atoms with Gasteiger partial charge in [-0.3, -0.25) is 9.48 Å². The van der Waals surface area contributed by atoms with Crippen molar-refractivity contribution in [3.05, 3.63) is 41.7 Å². The molecular formula is C13H13N5O. The Morgan fingerprint density at radius 2 is 2.26 bits per heavy atom. The molecule has 0 saturated carbocycles. The average Bonchev–Trinajstić information content (AvgIpc) is 2.80. The topological polar surface area (TPSA) is 96.7 Å². The van der Waals surface area contributed by atoms with Gasteiger partial charge in [0.2, 0.25) is 0 Å². The van der Waals surface area contributed by atoms with Crippen LogP contribution < -0.4 is 11.1 Å². The number of nitrogens with zero attached hydrogens (tertiary/aromatic N) is 3. The number of rotatable bonds is 3. The van der Waals surface area contributed by atoms with Crippen molar-refractivity contribution in [2.45, 2.75) is 13.5 Å². The van der Waals surface area contributed by atoms with Crippen molar-refractivity contribution in [1.29, 1.82) is 5.26 Å². The fourth-order valence-corrected chi connectivity index (χ4v) is 1.76. The van der Waals surface area contributed by atoms with E-state index in [4.69, 9.17) is 11.0 Å². The molecule has 0 aliphatic heterocycles. The standard InChI is InChI=1S/C13H13N5O/c1-2-18-12(10(15)8-16-18)13(19)17-11-6-4-3-5-9(11)7-14/h3-6,8H,2,15H2,1H3,(H,17,19). The van der Waals surface area contributed by atoms with E-state index in [1.807, 2.05) is 13.0 Å². The van der Waals surface area contributed by atoms with E-state index in [0.717, 1.165) is 0 Å². The van der Waals surface area contributed by atoms with Crippen molar-refractivity contribution in [3.8, 4) is 6.07 Å². The van der Waals surface area contributed by atoms with Crippen LogP contribution in [0.2, 0.25) is 0 Å². The molecule has 3 N–H and O–H groups in total. The van der Waals surface area contributed by atoms with Crippen LogP contribution in [0.3, 0.4) is 0 Å². The largest absolute Gasteiger partial charge is 0.396 e. The molecule has 1 aromatic carbocycles. The maximum absolute atomic E-state index is 12.2. The van der Waals surface area contributed by atoms with Crippen molar-refractivity contribution in [2.75, 3.05) is 11.1 Å². The predicted molar refractivity (Wildman–Crippen MR) is 71.4 cm³/mol. The Hall–Kier alpha value is -2.81. The van der Waals surface area contributed by atoms with Gasteiger partial charge >= 0.3 is 0 Å². The van der Waals surface area contributed by atoms with E-state index >= 15 is 0 Å². The number of aryl methyl sites for hydroxylation is 1. The summed E-state index contributed by atoms with van der Waals surface area (Å²) in [6.45, 7) is 2.41. The number of nitrogens with two attached hydrogens (primary N) is 1. The highest BCUT2D eigenvalue weighted by molar-refractivity contribution is 6.06. The SMILES string of the molecule is CCn1ncc(N)c1C(=O)Nc1ccccc1C#N. The molecule has 0 saturated heterocycles. The number of amides is 1. The van der Waals surface area contributed by atoms with Gasteiger partial charge in [-0.05, 0) is 19.1 Å². The zero-order valence-corrected chi connectivity index (χ0v) is 10.4. The fourth-order valence-electron chi connectivity index (χ4n) is 1.76. The van der Waals surface area contributed by atoms with Crippen LogP contribution >= 0.6 is 0 Å². The highest BCUT2D eigenvalue weighted by atomic mass is 16.2. The van der Waals surface area contributed by atoms with E-state index < -0.39 is 0 Å². The summed E-state index contributed by atoms with van der Waals surface area (Å²) < 4.78 is 1.51. The maximum atomic E-state index is 12.2. The summed E-state index contributed by atoms with van der Waals surface area (Å²) in [7, 11) is 0. The first-order chi connectivity index (χ1) is 9.17. The molecule has 2 rings (SSSR count). The minimum atomic E-state index is -0.375. The third kappa shape index (κ3) is 2.40. The van der Waals surface area contributed by atoms with Crippen molar-refractivity contribution in [2.24, 2.45) is 0 Å². The molecule has 2 aromatic rings. The lowest BCUT2D eigenvalue weighted by atomic mass is 10.2. The van der Waals surface area contributed by atoms with Crippen molar-refractivity contribution >= 4 is 17.3 Å². The van der Waals surface area contributed by atoms with E-state index in [0.29, 0.717) is 29.2 Å². The number of carbonyl (C=O) groups excluding carboxylic acids is 1. The van der Waals surface area contributed by atoms with E-state index in [1.54, 1.807) is 24.3 Å². The second-order valence-electron chi connectivity index (χ2n) is 3.88. The van der Waals surface area contributed by atoms with E-state index in [1.165, 1.54) is 10.9 Å². The molecule has 0 radical (unpaired) electrons. The van der Waals surface area contributed by atoms with Gasteiger partial charge in [-0.1, -0.05) is 12.1 Å². The third-order valence-electron chi connectivity index (χ3n) is 2.68. The Morgan fingerprint density at radius 3 is 2.95 bits per heavy atom. The van der Waals surface area contributed by atoms with Crippen LogP contribution in [0.5, 0.6) is 0 Å². The second-order valence-corrected chi connectivity index (χ2v) is 3.88. The van der Waals surface area contributed by atoms with Gasteiger partial charge in [0, 0.05) is 6.54 Å². The Labute approximate surface area is 110 Å². The number of benzene rings is 1. The monoisotopic (exact) mass is 255 g/mol. The lowest BCUT2D eigenvalue weighted by molar-refractivity contribution is 0.101. The number of aromatic nitrogens is 2. The molecule has 1 amide bonds. The van der Waals surface area contributed by atoms with E-state index in [9.17, 15) is 4.79 Å². The van der Waals surface area contributed by atoms with Gasteiger partial charge < -0.3 is 11.1 Å².